The molecular formula is C12H23N3O2. The van der Waals surface area contributed by atoms with Crippen molar-refractivity contribution in [3.8, 4) is 0 Å². The number of rotatable bonds is 5. The molecule has 0 aliphatic carbocycles. The lowest BCUT2D eigenvalue weighted by molar-refractivity contribution is -0.136. The fourth-order valence-corrected chi connectivity index (χ4v) is 2.07. The Morgan fingerprint density at radius 3 is 2.71 bits per heavy atom. The second kappa shape index (κ2) is 7.27. The van der Waals surface area contributed by atoms with Gasteiger partial charge in [0.25, 0.3) is 0 Å². The maximum Gasteiger partial charge on any atom is 0.239 e. The molecule has 0 radical (unpaired) electrons. The van der Waals surface area contributed by atoms with Crippen molar-refractivity contribution in [2.45, 2.75) is 38.6 Å². The minimum absolute atomic E-state index is 0.0653. The highest BCUT2D eigenvalue weighted by molar-refractivity contribution is 5.84. The summed E-state index contributed by atoms with van der Waals surface area (Å²) in [4.78, 5) is 24.9. The first-order chi connectivity index (χ1) is 8.17. The summed E-state index contributed by atoms with van der Waals surface area (Å²) in [5, 5.41) is 5.89. The lowest BCUT2D eigenvalue weighted by atomic mass is 10.0. The summed E-state index contributed by atoms with van der Waals surface area (Å²) in [6.45, 7) is 3.65. The maximum absolute atomic E-state index is 12.0. The molecule has 5 heteroatoms. The summed E-state index contributed by atoms with van der Waals surface area (Å²) < 4.78 is 0. The Labute approximate surface area is 103 Å². The largest absolute Gasteiger partial charge is 0.358 e. The zero-order chi connectivity index (χ0) is 12.7. The van der Waals surface area contributed by atoms with Crippen LogP contribution in [-0.4, -0.2) is 49.4 Å². The average molecular weight is 241 g/mol. The molecule has 0 bridgehead atoms. The molecule has 0 aromatic heterocycles. The molecule has 1 rings (SSSR count). The minimum atomic E-state index is -0.114. The lowest BCUT2D eigenvalue weighted by Crippen LogP contribution is -2.43. The fourth-order valence-electron chi connectivity index (χ4n) is 2.07. The Morgan fingerprint density at radius 1 is 1.41 bits per heavy atom. The molecule has 5 nitrogen and oxygen atoms in total. The van der Waals surface area contributed by atoms with E-state index in [0.717, 1.165) is 13.0 Å². The molecule has 1 fully saturated rings. The van der Waals surface area contributed by atoms with E-state index in [1.54, 1.807) is 11.9 Å². The first-order valence-electron chi connectivity index (χ1n) is 6.39. The summed E-state index contributed by atoms with van der Waals surface area (Å²) in [7, 11) is 1.59. The Bertz CT molecular complexity index is 262. The Morgan fingerprint density at radius 2 is 2.18 bits per heavy atom. The SMILES string of the molecule is CCN(CC(=O)NC)C(=O)CC1CCCCN1. The number of likely N-dealkylation sites (N-methyl/N-ethyl adjacent to an activating group) is 2. The van der Waals surface area contributed by atoms with Gasteiger partial charge in [-0.15, -0.1) is 0 Å². The van der Waals surface area contributed by atoms with E-state index in [0.29, 0.717) is 13.0 Å². The first-order valence-corrected chi connectivity index (χ1v) is 6.39. The van der Waals surface area contributed by atoms with E-state index in [1.807, 2.05) is 6.92 Å². The number of nitrogens with zero attached hydrogens (tertiary/aromatic N) is 1. The van der Waals surface area contributed by atoms with Gasteiger partial charge in [0, 0.05) is 26.1 Å². The molecule has 1 unspecified atom stereocenters. The molecule has 1 aliphatic heterocycles. The van der Waals surface area contributed by atoms with Gasteiger partial charge in [0.2, 0.25) is 11.8 Å². The van der Waals surface area contributed by atoms with Crippen molar-refractivity contribution in [2.24, 2.45) is 0 Å². The molecule has 1 atom stereocenters. The zero-order valence-corrected chi connectivity index (χ0v) is 10.8. The normalized spacial score (nSPS) is 19.8. The van der Waals surface area contributed by atoms with E-state index in [4.69, 9.17) is 0 Å². The van der Waals surface area contributed by atoms with Crippen LogP contribution in [0.25, 0.3) is 0 Å². The summed E-state index contributed by atoms with van der Waals surface area (Å²) in [6.07, 6.45) is 3.95. The fraction of sp³-hybridized carbons (Fsp3) is 0.833. The highest BCUT2D eigenvalue weighted by Gasteiger charge is 2.20. The molecule has 1 saturated heterocycles. The van der Waals surface area contributed by atoms with Crippen molar-refractivity contribution < 1.29 is 9.59 Å². The van der Waals surface area contributed by atoms with Gasteiger partial charge in [0.15, 0.2) is 0 Å². The molecule has 0 aromatic rings. The third-order valence-electron chi connectivity index (χ3n) is 3.18. The summed E-state index contributed by atoms with van der Waals surface area (Å²) in [5.74, 6) is -0.0488. The van der Waals surface area contributed by atoms with Gasteiger partial charge >= 0.3 is 0 Å². The van der Waals surface area contributed by atoms with Crippen LogP contribution >= 0.6 is 0 Å². The summed E-state index contributed by atoms with van der Waals surface area (Å²) in [6, 6.07) is 0.287. The van der Waals surface area contributed by atoms with E-state index >= 15 is 0 Å². The van der Waals surface area contributed by atoms with Crippen molar-refractivity contribution in [1.29, 1.82) is 0 Å². The average Bonchev–Trinajstić information content (AvgIpc) is 2.36. The first kappa shape index (κ1) is 14.0. The predicted octanol–water partition coefficient (Wildman–Crippen LogP) is 0.113. The third kappa shape index (κ3) is 4.73. The predicted molar refractivity (Wildman–Crippen MR) is 66.6 cm³/mol. The highest BCUT2D eigenvalue weighted by Crippen LogP contribution is 2.11. The second-order valence-corrected chi connectivity index (χ2v) is 4.43. The van der Waals surface area contributed by atoms with Gasteiger partial charge in [-0.3, -0.25) is 9.59 Å². The van der Waals surface area contributed by atoms with Crippen LogP contribution in [-0.2, 0) is 9.59 Å². The van der Waals surface area contributed by atoms with Crippen LogP contribution in [0.4, 0.5) is 0 Å². The third-order valence-corrected chi connectivity index (χ3v) is 3.18. The molecule has 2 N–H and O–H groups in total. The molecule has 0 saturated carbocycles. The molecule has 0 spiro atoms. The Hall–Kier alpha value is -1.10. The van der Waals surface area contributed by atoms with E-state index in [-0.39, 0.29) is 24.4 Å². The number of hydrogen-bond donors (Lipinski definition) is 2. The standard InChI is InChI=1S/C12H23N3O2/c1-3-15(9-11(16)13-2)12(17)8-10-6-4-5-7-14-10/h10,14H,3-9H2,1-2H3,(H,13,16). The van der Waals surface area contributed by atoms with Crippen molar-refractivity contribution >= 4 is 11.8 Å². The topological polar surface area (TPSA) is 61.4 Å². The van der Waals surface area contributed by atoms with Crippen LogP contribution in [0.1, 0.15) is 32.6 Å². The maximum atomic E-state index is 12.0. The van der Waals surface area contributed by atoms with Crippen LogP contribution in [0.15, 0.2) is 0 Å². The van der Waals surface area contributed by atoms with Crippen LogP contribution in [0, 0.1) is 0 Å². The molecule has 17 heavy (non-hydrogen) atoms. The molecule has 2 amide bonds. The Balaban J connectivity index is 2.39. The van der Waals surface area contributed by atoms with Crippen molar-refractivity contribution in [1.82, 2.24) is 15.5 Å². The number of carbonyl (C=O) groups excluding carboxylic acids is 2. The summed E-state index contributed by atoms with van der Waals surface area (Å²) in [5.41, 5.74) is 0. The zero-order valence-electron chi connectivity index (χ0n) is 10.8. The van der Waals surface area contributed by atoms with Gasteiger partial charge in [-0.25, -0.2) is 0 Å². The van der Waals surface area contributed by atoms with E-state index in [2.05, 4.69) is 10.6 Å². The number of amides is 2. The molecule has 0 aromatic carbocycles. The smallest absolute Gasteiger partial charge is 0.239 e. The minimum Gasteiger partial charge on any atom is -0.358 e. The monoisotopic (exact) mass is 241 g/mol. The number of hydrogen-bond acceptors (Lipinski definition) is 3. The van der Waals surface area contributed by atoms with Crippen LogP contribution in [0.5, 0.6) is 0 Å². The summed E-state index contributed by atoms with van der Waals surface area (Å²) >= 11 is 0. The van der Waals surface area contributed by atoms with Gasteiger partial charge in [0.05, 0.1) is 6.54 Å². The van der Waals surface area contributed by atoms with Gasteiger partial charge in [0.1, 0.15) is 0 Å². The van der Waals surface area contributed by atoms with Crippen molar-refractivity contribution in [2.75, 3.05) is 26.7 Å². The number of nitrogens with one attached hydrogen (secondary N) is 2. The molecular weight excluding hydrogens is 218 g/mol. The quantitative estimate of drug-likeness (QED) is 0.718. The molecule has 1 heterocycles. The van der Waals surface area contributed by atoms with Crippen LogP contribution in [0.3, 0.4) is 0 Å². The number of carbonyl (C=O) groups is 2. The van der Waals surface area contributed by atoms with Gasteiger partial charge < -0.3 is 15.5 Å². The van der Waals surface area contributed by atoms with E-state index < -0.39 is 0 Å². The van der Waals surface area contributed by atoms with Crippen molar-refractivity contribution in [3.63, 3.8) is 0 Å². The van der Waals surface area contributed by atoms with E-state index in [1.165, 1.54) is 12.8 Å². The molecule has 98 valence electrons. The lowest BCUT2D eigenvalue weighted by Gasteiger charge is -2.26. The highest BCUT2D eigenvalue weighted by atomic mass is 16.2. The van der Waals surface area contributed by atoms with E-state index in [9.17, 15) is 9.59 Å². The van der Waals surface area contributed by atoms with Gasteiger partial charge in [-0.2, -0.15) is 0 Å². The molecule has 1 aliphatic rings. The van der Waals surface area contributed by atoms with Crippen molar-refractivity contribution in [3.05, 3.63) is 0 Å². The second-order valence-electron chi connectivity index (χ2n) is 4.43. The number of piperidine rings is 1. The Kier molecular flexibility index (Phi) is 5.97. The van der Waals surface area contributed by atoms with Crippen LogP contribution < -0.4 is 10.6 Å². The van der Waals surface area contributed by atoms with Gasteiger partial charge in [-0.05, 0) is 26.3 Å². The van der Waals surface area contributed by atoms with Gasteiger partial charge in [-0.1, -0.05) is 6.42 Å². The van der Waals surface area contributed by atoms with Crippen LogP contribution in [0.2, 0.25) is 0 Å².